The second kappa shape index (κ2) is 9.41. The highest BCUT2D eigenvalue weighted by Crippen LogP contribution is 2.27. The summed E-state index contributed by atoms with van der Waals surface area (Å²) in [7, 11) is 5.68. The molecule has 7 heteroatoms. The lowest BCUT2D eigenvalue weighted by Crippen LogP contribution is -2.53. The predicted octanol–water partition coefficient (Wildman–Crippen LogP) is 2.24. The molecule has 0 aliphatic carbocycles. The average molecular weight is 400 g/mol. The van der Waals surface area contributed by atoms with Gasteiger partial charge in [0.2, 0.25) is 0 Å². The third-order valence-corrected chi connectivity index (χ3v) is 5.93. The van der Waals surface area contributed by atoms with Crippen LogP contribution in [-0.2, 0) is 6.54 Å². The maximum Gasteiger partial charge on any atom is 0.134 e. The molecule has 1 unspecified atom stereocenters. The van der Waals surface area contributed by atoms with Crippen molar-refractivity contribution in [2.24, 2.45) is 0 Å². The number of methoxy groups -OCH3 is 1. The van der Waals surface area contributed by atoms with Gasteiger partial charge in [-0.25, -0.2) is 9.97 Å². The fourth-order valence-electron chi connectivity index (χ4n) is 3.95. The maximum atomic E-state index is 9.65. The molecular formula is C22H33N5O2. The summed E-state index contributed by atoms with van der Waals surface area (Å²) in [4.78, 5) is 15.6. The van der Waals surface area contributed by atoms with Crippen LogP contribution in [0.1, 0.15) is 23.1 Å². The van der Waals surface area contributed by atoms with E-state index >= 15 is 0 Å². The van der Waals surface area contributed by atoms with Crippen molar-refractivity contribution in [2.75, 3.05) is 57.2 Å². The molecule has 2 heterocycles. The van der Waals surface area contributed by atoms with Crippen LogP contribution in [0.15, 0.2) is 24.5 Å². The van der Waals surface area contributed by atoms with E-state index in [9.17, 15) is 5.11 Å². The molecule has 0 bridgehead atoms. The summed E-state index contributed by atoms with van der Waals surface area (Å²) < 4.78 is 5.45. The number of hydrogen-bond acceptors (Lipinski definition) is 7. The molecule has 158 valence electrons. The van der Waals surface area contributed by atoms with Gasteiger partial charge in [-0.1, -0.05) is 6.07 Å². The average Bonchev–Trinajstić information content (AvgIpc) is 2.73. The number of rotatable bonds is 7. The summed E-state index contributed by atoms with van der Waals surface area (Å²) in [5, 5.41) is 9.65. The van der Waals surface area contributed by atoms with Gasteiger partial charge in [0.15, 0.2) is 0 Å². The van der Waals surface area contributed by atoms with Gasteiger partial charge in [0, 0.05) is 59.0 Å². The molecule has 0 radical (unpaired) electrons. The predicted molar refractivity (Wildman–Crippen MR) is 117 cm³/mol. The fourth-order valence-corrected chi connectivity index (χ4v) is 3.95. The summed E-state index contributed by atoms with van der Waals surface area (Å²) in [6, 6.07) is 6.52. The molecule has 1 saturated heterocycles. The molecule has 7 nitrogen and oxygen atoms in total. The van der Waals surface area contributed by atoms with Gasteiger partial charge >= 0.3 is 0 Å². The Morgan fingerprint density at radius 2 is 1.97 bits per heavy atom. The molecule has 2 aromatic rings. The van der Waals surface area contributed by atoms with Crippen molar-refractivity contribution in [1.82, 2.24) is 14.9 Å². The minimum Gasteiger partial charge on any atom is -0.496 e. The number of benzene rings is 1. The summed E-state index contributed by atoms with van der Waals surface area (Å²) in [6.07, 6.45) is 2.37. The molecule has 0 saturated carbocycles. The molecule has 1 N–H and O–H groups in total. The lowest BCUT2D eigenvalue weighted by molar-refractivity contribution is 0.135. The topological polar surface area (TPSA) is 65.0 Å². The first-order chi connectivity index (χ1) is 13.9. The number of aliphatic hydroxyl groups excluding tert-OH is 1. The summed E-state index contributed by atoms with van der Waals surface area (Å²) in [5.74, 6) is 2.78. The molecule has 1 aliphatic rings. The lowest BCUT2D eigenvalue weighted by Gasteiger charge is -2.42. The van der Waals surface area contributed by atoms with E-state index in [2.05, 4.69) is 45.7 Å². The highest BCUT2D eigenvalue weighted by Gasteiger charge is 2.28. The van der Waals surface area contributed by atoms with E-state index in [0.717, 1.165) is 50.0 Å². The zero-order chi connectivity index (χ0) is 21.0. The number of piperazine rings is 1. The number of anilines is 2. The van der Waals surface area contributed by atoms with Gasteiger partial charge in [-0.15, -0.1) is 0 Å². The number of aromatic nitrogens is 2. The maximum absolute atomic E-state index is 9.65. The minimum absolute atomic E-state index is 0.183. The molecule has 1 aromatic heterocycles. The third-order valence-electron chi connectivity index (χ3n) is 5.93. The Morgan fingerprint density at radius 1 is 1.17 bits per heavy atom. The SMILES string of the molecule is COc1ccc(CN2CCN(c3cc(N(C)C)ncn3)CC2CCO)c(C)c1C. The van der Waals surface area contributed by atoms with Crippen LogP contribution >= 0.6 is 0 Å². The van der Waals surface area contributed by atoms with Gasteiger partial charge in [0.1, 0.15) is 23.7 Å². The van der Waals surface area contributed by atoms with E-state index in [1.54, 1.807) is 13.4 Å². The van der Waals surface area contributed by atoms with Crippen LogP contribution in [0.3, 0.4) is 0 Å². The van der Waals surface area contributed by atoms with Gasteiger partial charge in [-0.05, 0) is 43.0 Å². The Bertz CT molecular complexity index is 827. The first-order valence-electron chi connectivity index (χ1n) is 10.2. The van der Waals surface area contributed by atoms with Gasteiger partial charge in [-0.3, -0.25) is 4.90 Å². The van der Waals surface area contributed by atoms with Crippen LogP contribution in [0.2, 0.25) is 0 Å². The van der Waals surface area contributed by atoms with Crippen LogP contribution in [-0.4, -0.2) is 73.5 Å². The van der Waals surface area contributed by atoms with Crippen molar-refractivity contribution in [3.63, 3.8) is 0 Å². The Balaban J connectivity index is 1.76. The fraction of sp³-hybridized carbons (Fsp3) is 0.545. The van der Waals surface area contributed by atoms with E-state index < -0.39 is 0 Å². The first-order valence-corrected chi connectivity index (χ1v) is 10.2. The zero-order valence-electron chi connectivity index (χ0n) is 18.2. The van der Waals surface area contributed by atoms with E-state index in [0.29, 0.717) is 0 Å². The summed E-state index contributed by atoms with van der Waals surface area (Å²) in [6.45, 7) is 8.01. The van der Waals surface area contributed by atoms with E-state index in [1.807, 2.05) is 25.1 Å². The molecule has 0 amide bonds. The second-order valence-electron chi connectivity index (χ2n) is 7.89. The van der Waals surface area contributed by atoms with Crippen LogP contribution in [0.4, 0.5) is 11.6 Å². The molecule has 3 rings (SSSR count). The van der Waals surface area contributed by atoms with Crippen LogP contribution < -0.4 is 14.5 Å². The van der Waals surface area contributed by atoms with E-state index in [1.165, 1.54) is 16.7 Å². The number of nitrogens with zero attached hydrogens (tertiary/aromatic N) is 5. The third kappa shape index (κ3) is 4.79. The largest absolute Gasteiger partial charge is 0.496 e. The molecular weight excluding hydrogens is 366 g/mol. The van der Waals surface area contributed by atoms with Crippen molar-refractivity contribution < 1.29 is 9.84 Å². The van der Waals surface area contributed by atoms with Crippen molar-refractivity contribution in [2.45, 2.75) is 32.9 Å². The summed E-state index contributed by atoms with van der Waals surface area (Å²) >= 11 is 0. The standard InChI is InChI=1S/C22H33N5O2/c1-16-17(2)20(29-5)7-6-18(16)13-26-9-10-27(14-19(26)8-11-28)22-12-21(25(3)4)23-15-24-22/h6-7,12,15,19,28H,8-11,13-14H2,1-5H3. The smallest absolute Gasteiger partial charge is 0.134 e. The lowest BCUT2D eigenvalue weighted by atomic mass is 10.00. The Kier molecular flexibility index (Phi) is 6.92. The Hall–Kier alpha value is -2.38. The molecule has 0 spiro atoms. The van der Waals surface area contributed by atoms with Gasteiger partial charge in [-0.2, -0.15) is 0 Å². The second-order valence-corrected chi connectivity index (χ2v) is 7.89. The van der Waals surface area contributed by atoms with Gasteiger partial charge < -0.3 is 19.6 Å². The quantitative estimate of drug-likeness (QED) is 0.766. The monoisotopic (exact) mass is 399 g/mol. The molecule has 1 fully saturated rings. The Morgan fingerprint density at radius 3 is 2.66 bits per heavy atom. The normalized spacial score (nSPS) is 17.4. The number of ether oxygens (including phenoxy) is 1. The van der Waals surface area contributed by atoms with Crippen LogP contribution in [0.5, 0.6) is 5.75 Å². The van der Waals surface area contributed by atoms with Crippen molar-refractivity contribution in [3.8, 4) is 5.75 Å². The van der Waals surface area contributed by atoms with Crippen molar-refractivity contribution in [3.05, 3.63) is 41.2 Å². The highest BCUT2D eigenvalue weighted by atomic mass is 16.5. The van der Waals surface area contributed by atoms with Crippen molar-refractivity contribution in [1.29, 1.82) is 0 Å². The first kappa shape index (κ1) is 21.3. The Labute approximate surface area is 173 Å². The van der Waals surface area contributed by atoms with Gasteiger partial charge in [0.05, 0.1) is 7.11 Å². The summed E-state index contributed by atoms with van der Waals surface area (Å²) in [5.41, 5.74) is 3.79. The minimum atomic E-state index is 0.183. The van der Waals surface area contributed by atoms with E-state index in [-0.39, 0.29) is 12.6 Å². The molecule has 29 heavy (non-hydrogen) atoms. The van der Waals surface area contributed by atoms with E-state index in [4.69, 9.17) is 4.74 Å². The highest BCUT2D eigenvalue weighted by molar-refractivity contribution is 5.50. The molecule has 1 aliphatic heterocycles. The molecule has 1 atom stereocenters. The van der Waals surface area contributed by atoms with Crippen LogP contribution in [0.25, 0.3) is 0 Å². The number of aliphatic hydroxyl groups is 1. The van der Waals surface area contributed by atoms with Crippen LogP contribution in [0, 0.1) is 13.8 Å². The van der Waals surface area contributed by atoms with Crippen molar-refractivity contribution >= 4 is 11.6 Å². The van der Waals surface area contributed by atoms with Gasteiger partial charge in [0.25, 0.3) is 0 Å². The number of hydrogen-bond donors (Lipinski definition) is 1. The molecule has 1 aromatic carbocycles. The zero-order valence-corrected chi connectivity index (χ0v) is 18.2.